The molecule has 1 atom stereocenters. The van der Waals surface area contributed by atoms with Gasteiger partial charge in [0.15, 0.2) is 0 Å². The van der Waals surface area contributed by atoms with Crippen LogP contribution < -0.4 is 10.2 Å². The van der Waals surface area contributed by atoms with Gasteiger partial charge in [0.25, 0.3) is 5.91 Å². The van der Waals surface area contributed by atoms with Crippen molar-refractivity contribution < 1.29 is 9.59 Å². The number of hydrogen-bond donors (Lipinski definition) is 1. The fourth-order valence-electron chi connectivity index (χ4n) is 2.82. The maximum atomic E-state index is 13.2. The summed E-state index contributed by atoms with van der Waals surface area (Å²) < 4.78 is 0.852. The second kappa shape index (κ2) is 9.23. The summed E-state index contributed by atoms with van der Waals surface area (Å²) in [4.78, 5) is 26.9. The van der Waals surface area contributed by atoms with E-state index in [9.17, 15) is 14.9 Å². The van der Waals surface area contributed by atoms with Crippen molar-refractivity contribution in [3.63, 3.8) is 0 Å². The number of anilines is 1. The van der Waals surface area contributed by atoms with Crippen LogP contribution in [0.1, 0.15) is 5.56 Å². The summed E-state index contributed by atoms with van der Waals surface area (Å²) in [6.45, 7) is 0. The zero-order chi connectivity index (χ0) is 21.1. The first-order valence-electron chi connectivity index (χ1n) is 8.42. The molecule has 2 aromatic carbocycles. The molecule has 1 aliphatic rings. The van der Waals surface area contributed by atoms with E-state index in [0.29, 0.717) is 27.2 Å². The summed E-state index contributed by atoms with van der Waals surface area (Å²) in [5.41, 5.74) is 1.31. The molecule has 5 nitrogen and oxygen atoms in total. The van der Waals surface area contributed by atoms with Gasteiger partial charge in [-0.2, -0.15) is 5.26 Å². The van der Waals surface area contributed by atoms with Gasteiger partial charge in [0.2, 0.25) is 5.91 Å². The lowest BCUT2D eigenvalue weighted by Gasteiger charge is -2.18. The number of hydrogen-bond acceptors (Lipinski definition) is 4. The van der Waals surface area contributed by atoms with E-state index in [-0.39, 0.29) is 11.5 Å². The number of nitrogens with zero attached hydrogens (tertiary/aromatic N) is 2. The predicted octanol–water partition coefficient (Wildman–Crippen LogP) is 4.93. The molecule has 0 bridgehead atoms. The van der Waals surface area contributed by atoms with Gasteiger partial charge >= 0.3 is 0 Å². The summed E-state index contributed by atoms with van der Waals surface area (Å²) in [7, 11) is 1.44. The zero-order valence-electron chi connectivity index (χ0n) is 15.1. The van der Waals surface area contributed by atoms with Crippen LogP contribution >= 0.6 is 50.9 Å². The van der Waals surface area contributed by atoms with Gasteiger partial charge in [-0.3, -0.25) is 14.5 Å². The van der Waals surface area contributed by atoms with Crippen LogP contribution in [0.3, 0.4) is 0 Å². The molecular weight excluding hydrogens is 497 g/mol. The molecule has 2 aromatic rings. The van der Waals surface area contributed by atoms with Crippen LogP contribution in [-0.2, 0) is 16.0 Å². The van der Waals surface area contributed by atoms with Gasteiger partial charge in [0.1, 0.15) is 16.7 Å². The van der Waals surface area contributed by atoms with Crippen molar-refractivity contribution >= 4 is 68.4 Å². The average Bonchev–Trinajstić information content (AvgIpc) is 3.01. The Morgan fingerprint density at radius 3 is 2.52 bits per heavy atom. The topological polar surface area (TPSA) is 73.2 Å². The lowest BCUT2D eigenvalue weighted by molar-refractivity contribution is -0.117. The van der Waals surface area contributed by atoms with Crippen LogP contribution in [-0.4, -0.2) is 24.1 Å². The van der Waals surface area contributed by atoms with E-state index in [2.05, 4.69) is 21.2 Å². The average molecular weight is 511 g/mol. The minimum Gasteiger partial charge on any atom is -0.354 e. The number of benzene rings is 2. The number of rotatable bonds is 4. The Morgan fingerprint density at radius 2 is 1.93 bits per heavy atom. The Balaban J connectivity index is 2.03. The molecule has 3 rings (SSSR count). The number of likely N-dealkylation sites (N-methyl/N-ethyl adjacent to an activating group) is 1. The molecule has 2 amide bonds. The van der Waals surface area contributed by atoms with E-state index in [0.717, 1.165) is 10.0 Å². The van der Waals surface area contributed by atoms with Crippen LogP contribution in [0.4, 0.5) is 5.69 Å². The smallest absolute Gasteiger partial charge is 0.264 e. The van der Waals surface area contributed by atoms with Gasteiger partial charge in [0.05, 0.1) is 15.3 Å². The van der Waals surface area contributed by atoms with Crippen molar-refractivity contribution in [3.8, 4) is 6.07 Å². The fourth-order valence-corrected chi connectivity index (χ4v) is 4.71. The third-order valence-corrected chi connectivity index (χ3v) is 6.75. The number of nitrogens with one attached hydrogen (secondary N) is 1. The van der Waals surface area contributed by atoms with E-state index in [4.69, 9.17) is 23.2 Å². The van der Waals surface area contributed by atoms with Crippen LogP contribution in [0.25, 0.3) is 0 Å². The molecule has 29 heavy (non-hydrogen) atoms. The number of amides is 2. The van der Waals surface area contributed by atoms with E-state index in [1.54, 1.807) is 42.5 Å². The number of carbonyl (C=O) groups excluding carboxylic acids is 2. The zero-order valence-corrected chi connectivity index (χ0v) is 19.0. The largest absolute Gasteiger partial charge is 0.354 e. The molecule has 0 saturated carbocycles. The van der Waals surface area contributed by atoms with Gasteiger partial charge < -0.3 is 5.32 Å². The van der Waals surface area contributed by atoms with Crippen molar-refractivity contribution in [1.29, 1.82) is 5.26 Å². The van der Waals surface area contributed by atoms with Crippen molar-refractivity contribution in [2.24, 2.45) is 0 Å². The van der Waals surface area contributed by atoms with E-state index in [1.807, 2.05) is 6.07 Å². The quantitative estimate of drug-likeness (QED) is 0.467. The Labute approximate surface area is 190 Å². The maximum Gasteiger partial charge on any atom is 0.264 e. The van der Waals surface area contributed by atoms with Gasteiger partial charge in [-0.25, -0.2) is 0 Å². The summed E-state index contributed by atoms with van der Waals surface area (Å²) in [5.74, 6) is -0.754. The van der Waals surface area contributed by atoms with Gasteiger partial charge in [-0.05, 0) is 48.4 Å². The standard InChI is InChI=1S/C20H14BrCl2N3O2S/c1-25-18(27)14(10-24)20-26(13-5-3-12(21)4-6-13)19(28)17(29-20)9-11-2-7-15(22)16(23)8-11/h2-8,17H,9H2,1H3,(H,25,27)/b20-14-/t17-/m1/s1. The number of nitriles is 1. The summed E-state index contributed by atoms with van der Waals surface area (Å²) in [6, 6.07) is 14.2. The Morgan fingerprint density at radius 1 is 1.24 bits per heavy atom. The Kier molecular flexibility index (Phi) is 6.91. The highest BCUT2D eigenvalue weighted by Crippen LogP contribution is 2.42. The SMILES string of the molecule is CNC(=O)/C(C#N)=C1\S[C@H](Cc2ccc(Cl)c(Cl)c2)C(=O)N1c1ccc(Br)cc1. The van der Waals surface area contributed by atoms with Crippen molar-refractivity contribution in [1.82, 2.24) is 5.32 Å². The summed E-state index contributed by atoms with van der Waals surface area (Å²) in [6.07, 6.45) is 0.378. The van der Waals surface area contributed by atoms with Crippen molar-refractivity contribution in [2.45, 2.75) is 11.7 Å². The Hall–Kier alpha value is -1.98. The first kappa shape index (κ1) is 21.7. The third kappa shape index (κ3) is 4.62. The number of carbonyl (C=O) groups is 2. The first-order chi connectivity index (χ1) is 13.8. The molecule has 0 spiro atoms. The molecule has 1 saturated heterocycles. The monoisotopic (exact) mass is 509 g/mol. The van der Waals surface area contributed by atoms with E-state index < -0.39 is 11.2 Å². The highest BCUT2D eigenvalue weighted by atomic mass is 79.9. The maximum absolute atomic E-state index is 13.2. The normalized spacial score (nSPS) is 17.8. The third-order valence-electron chi connectivity index (χ3n) is 4.22. The van der Waals surface area contributed by atoms with E-state index >= 15 is 0 Å². The fraction of sp³-hybridized carbons (Fsp3) is 0.150. The minimum absolute atomic E-state index is 0.106. The number of thioether (sulfide) groups is 1. The molecule has 148 valence electrons. The van der Waals surface area contributed by atoms with Crippen LogP contribution in [0.5, 0.6) is 0 Å². The second-order valence-corrected chi connectivity index (χ2v) is 9.00. The van der Waals surface area contributed by atoms with Gasteiger partial charge in [-0.15, -0.1) is 0 Å². The van der Waals surface area contributed by atoms with Crippen molar-refractivity contribution in [3.05, 3.63) is 73.1 Å². The van der Waals surface area contributed by atoms with Crippen molar-refractivity contribution in [2.75, 3.05) is 11.9 Å². The molecule has 1 fully saturated rings. The minimum atomic E-state index is -0.542. The summed E-state index contributed by atoms with van der Waals surface area (Å²) in [5, 5.41) is 12.7. The molecule has 1 N–H and O–H groups in total. The van der Waals surface area contributed by atoms with Gasteiger partial charge in [0, 0.05) is 17.2 Å². The number of halogens is 3. The summed E-state index contributed by atoms with van der Waals surface area (Å²) >= 11 is 16.6. The molecule has 0 unspecified atom stereocenters. The molecule has 1 aliphatic heterocycles. The van der Waals surface area contributed by atoms with Gasteiger partial charge in [-0.1, -0.05) is 57.0 Å². The van der Waals surface area contributed by atoms with Crippen LogP contribution in [0.2, 0.25) is 10.0 Å². The van der Waals surface area contributed by atoms with E-state index in [1.165, 1.54) is 23.7 Å². The Bertz CT molecular complexity index is 1050. The highest BCUT2D eigenvalue weighted by molar-refractivity contribution is 9.10. The lowest BCUT2D eigenvalue weighted by Crippen LogP contribution is -2.31. The predicted molar refractivity (Wildman–Crippen MR) is 120 cm³/mol. The lowest BCUT2D eigenvalue weighted by atomic mass is 10.1. The molecule has 0 aliphatic carbocycles. The molecule has 0 radical (unpaired) electrons. The van der Waals surface area contributed by atoms with Crippen LogP contribution in [0.15, 0.2) is 57.5 Å². The van der Waals surface area contributed by atoms with Crippen LogP contribution in [0, 0.1) is 11.3 Å². The highest BCUT2D eigenvalue weighted by Gasteiger charge is 2.40. The molecule has 1 heterocycles. The molecule has 9 heteroatoms. The first-order valence-corrected chi connectivity index (χ1v) is 10.8. The molecular formula is C20H14BrCl2N3O2S. The second-order valence-electron chi connectivity index (χ2n) is 6.08. The molecule has 0 aromatic heterocycles.